The van der Waals surface area contributed by atoms with E-state index < -0.39 is 36.7 Å². The first-order valence-corrected chi connectivity index (χ1v) is 12.0. The quantitative estimate of drug-likeness (QED) is 0.644. The van der Waals surface area contributed by atoms with Crippen molar-refractivity contribution in [3.8, 4) is 0 Å². The normalized spacial score (nSPS) is 15.8. The molecular formula is C16H17FN2O7S3. The molecule has 9 nitrogen and oxygen atoms in total. The number of nitrogens with one attached hydrogen (secondary N) is 1. The summed E-state index contributed by atoms with van der Waals surface area (Å²) in [5, 5.41) is 1.40. The first kappa shape index (κ1) is 21.6. The van der Waals surface area contributed by atoms with Crippen molar-refractivity contribution in [1.29, 1.82) is 0 Å². The maximum Gasteiger partial charge on any atom is 0.349 e. The topological polar surface area (TPSA) is 119 Å². The standard InChI is InChI=1S/C16H17FN2O7S3/c1-25-16(20)15-13(4-9-27-15)28(21,22)18-11-2-3-12(17)14(10-11)29(23,24)19-5-7-26-8-6-19/h2-4,9-10,18H,5-8H2,1H3. The van der Waals surface area contributed by atoms with E-state index in [2.05, 4.69) is 9.46 Å². The van der Waals surface area contributed by atoms with Gasteiger partial charge in [0.15, 0.2) is 0 Å². The van der Waals surface area contributed by atoms with E-state index >= 15 is 0 Å². The second-order valence-electron chi connectivity index (χ2n) is 5.87. The number of carbonyl (C=O) groups excluding carboxylic acids is 1. The average Bonchev–Trinajstić information content (AvgIpc) is 3.20. The zero-order valence-corrected chi connectivity index (χ0v) is 17.6. The van der Waals surface area contributed by atoms with Crippen LogP contribution in [0.5, 0.6) is 0 Å². The maximum absolute atomic E-state index is 14.3. The maximum atomic E-state index is 14.3. The monoisotopic (exact) mass is 464 g/mol. The molecule has 158 valence electrons. The Morgan fingerprint density at radius 3 is 2.52 bits per heavy atom. The largest absolute Gasteiger partial charge is 0.465 e. The van der Waals surface area contributed by atoms with Gasteiger partial charge in [-0.3, -0.25) is 4.72 Å². The molecule has 29 heavy (non-hydrogen) atoms. The molecule has 1 saturated heterocycles. The fraction of sp³-hybridized carbons (Fsp3) is 0.312. The molecule has 0 atom stereocenters. The van der Waals surface area contributed by atoms with E-state index in [1.165, 1.54) is 11.4 Å². The molecule has 2 aromatic rings. The third kappa shape index (κ3) is 4.43. The van der Waals surface area contributed by atoms with Crippen molar-refractivity contribution >= 4 is 43.0 Å². The SMILES string of the molecule is COC(=O)c1sccc1S(=O)(=O)Nc1ccc(F)c(S(=O)(=O)N2CCOCC2)c1. The van der Waals surface area contributed by atoms with E-state index in [0.29, 0.717) is 0 Å². The van der Waals surface area contributed by atoms with Gasteiger partial charge in [-0.25, -0.2) is 26.0 Å². The molecule has 1 aliphatic rings. The van der Waals surface area contributed by atoms with Gasteiger partial charge in [0.05, 0.1) is 26.0 Å². The van der Waals surface area contributed by atoms with E-state index in [-0.39, 0.29) is 41.8 Å². The van der Waals surface area contributed by atoms with Gasteiger partial charge in [-0.2, -0.15) is 4.31 Å². The van der Waals surface area contributed by atoms with Crippen LogP contribution in [0, 0.1) is 5.82 Å². The Kier molecular flexibility index (Phi) is 6.24. The molecule has 1 aliphatic heterocycles. The Morgan fingerprint density at radius 1 is 1.17 bits per heavy atom. The number of morpholine rings is 1. The number of carbonyl (C=O) groups is 1. The Labute approximate surface area is 171 Å². The molecule has 13 heteroatoms. The van der Waals surface area contributed by atoms with Gasteiger partial charge < -0.3 is 9.47 Å². The number of hydrogen-bond donors (Lipinski definition) is 1. The average molecular weight is 465 g/mol. The van der Waals surface area contributed by atoms with Gasteiger partial charge in [-0.1, -0.05) is 0 Å². The van der Waals surface area contributed by atoms with Crippen LogP contribution in [0.4, 0.5) is 10.1 Å². The van der Waals surface area contributed by atoms with Gasteiger partial charge in [0.1, 0.15) is 20.5 Å². The summed E-state index contributed by atoms with van der Waals surface area (Å²) >= 11 is 0.880. The lowest BCUT2D eigenvalue weighted by Crippen LogP contribution is -2.40. The highest BCUT2D eigenvalue weighted by atomic mass is 32.2. The molecule has 2 heterocycles. The van der Waals surface area contributed by atoms with Crippen molar-refractivity contribution in [2.24, 2.45) is 0 Å². The van der Waals surface area contributed by atoms with E-state index in [4.69, 9.17) is 4.74 Å². The summed E-state index contributed by atoms with van der Waals surface area (Å²) in [6, 6.07) is 4.07. The van der Waals surface area contributed by atoms with Crippen molar-refractivity contribution in [1.82, 2.24) is 4.31 Å². The van der Waals surface area contributed by atoms with Crippen LogP contribution in [0.2, 0.25) is 0 Å². The molecule has 3 rings (SSSR count). The zero-order valence-electron chi connectivity index (χ0n) is 15.1. The highest BCUT2D eigenvalue weighted by Gasteiger charge is 2.30. The van der Waals surface area contributed by atoms with Crippen molar-refractivity contribution < 1.29 is 35.5 Å². The third-order valence-corrected chi connectivity index (χ3v) is 8.42. The summed E-state index contributed by atoms with van der Waals surface area (Å²) in [6.07, 6.45) is 0. The van der Waals surface area contributed by atoms with Crippen LogP contribution in [0.25, 0.3) is 0 Å². The minimum atomic E-state index is -4.25. The van der Waals surface area contributed by atoms with Crippen molar-refractivity contribution in [3.05, 3.63) is 40.3 Å². The van der Waals surface area contributed by atoms with E-state index in [9.17, 15) is 26.0 Å². The number of anilines is 1. The summed E-state index contributed by atoms with van der Waals surface area (Å²) in [5.41, 5.74) is -0.166. The number of esters is 1. The lowest BCUT2D eigenvalue weighted by molar-refractivity contribution is 0.0602. The highest BCUT2D eigenvalue weighted by molar-refractivity contribution is 7.93. The van der Waals surface area contributed by atoms with Crippen LogP contribution in [0.15, 0.2) is 39.4 Å². The second kappa shape index (κ2) is 8.36. The molecule has 1 aromatic heterocycles. The minimum absolute atomic E-state index is 0.0646. The van der Waals surface area contributed by atoms with Crippen LogP contribution in [-0.2, 0) is 29.5 Å². The molecule has 1 N–H and O–H groups in total. The molecule has 0 saturated carbocycles. The molecule has 0 unspecified atom stereocenters. The number of benzene rings is 1. The van der Waals surface area contributed by atoms with Crippen LogP contribution in [0.3, 0.4) is 0 Å². The molecule has 0 aliphatic carbocycles. The van der Waals surface area contributed by atoms with E-state index in [1.807, 2.05) is 0 Å². The number of halogens is 1. The Bertz CT molecular complexity index is 1120. The molecule has 0 amide bonds. The van der Waals surface area contributed by atoms with E-state index in [0.717, 1.165) is 41.0 Å². The van der Waals surface area contributed by atoms with Crippen LogP contribution in [0.1, 0.15) is 9.67 Å². The second-order valence-corrected chi connectivity index (χ2v) is 10.3. The van der Waals surface area contributed by atoms with Crippen molar-refractivity contribution in [2.75, 3.05) is 38.1 Å². The molecule has 1 fully saturated rings. The summed E-state index contributed by atoms with van der Waals surface area (Å²) in [6.45, 7) is 0.494. The van der Waals surface area contributed by atoms with Crippen molar-refractivity contribution in [2.45, 2.75) is 9.79 Å². The Morgan fingerprint density at radius 2 is 1.86 bits per heavy atom. The first-order valence-electron chi connectivity index (χ1n) is 8.23. The number of sulfonamides is 2. The lowest BCUT2D eigenvalue weighted by atomic mass is 10.3. The summed E-state index contributed by atoms with van der Waals surface area (Å²) in [5.74, 6) is -1.83. The van der Waals surface area contributed by atoms with Gasteiger partial charge in [0.2, 0.25) is 10.0 Å². The van der Waals surface area contributed by atoms with Gasteiger partial charge in [-0.05, 0) is 29.6 Å². The number of hydrogen-bond acceptors (Lipinski definition) is 8. The van der Waals surface area contributed by atoms with E-state index in [1.54, 1.807) is 0 Å². The summed E-state index contributed by atoms with van der Waals surface area (Å²) in [7, 11) is -7.31. The number of rotatable bonds is 6. The summed E-state index contributed by atoms with van der Waals surface area (Å²) < 4.78 is 78.0. The van der Waals surface area contributed by atoms with Crippen LogP contribution < -0.4 is 4.72 Å². The predicted molar refractivity (Wildman–Crippen MR) is 102 cm³/mol. The fourth-order valence-electron chi connectivity index (χ4n) is 2.65. The zero-order chi connectivity index (χ0) is 21.2. The Balaban J connectivity index is 1.94. The van der Waals surface area contributed by atoms with Crippen molar-refractivity contribution in [3.63, 3.8) is 0 Å². The summed E-state index contributed by atoms with van der Waals surface area (Å²) in [4.78, 5) is 10.6. The first-order chi connectivity index (χ1) is 13.7. The fourth-order valence-corrected chi connectivity index (χ4v) is 6.54. The Hall–Kier alpha value is -2.06. The van der Waals surface area contributed by atoms with Crippen LogP contribution in [-0.4, -0.2) is 60.5 Å². The van der Waals surface area contributed by atoms with Gasteiger partial charge in [0.25, 0.3) is 10.0 Å². The molecule has 0 bridgehead atoms. The molecular weight excluding hydrogens is 447 g/mol. The van der Waals surface area contributed by atoms with Gasteiger partial charge in [-0.15, -0.1) is 11.3 Å². The van der Waals surface area contributed by atoms with Gasteiger partial charge in [0, 0.05) is 13.1 Å². The van der Waals surface area contributed by atoms with Gasteiger partial charge >= 0.3 is 5.97 Å². The molecule has 0 spiro atoms. The number of thiophene rings is 1. The third-order valence-electron chi connectivity index (χ3n) is 4.06. The predicted octanol–water partition coefficient (Wildman–Crippen LogP) is 1.50. The number of nitrogens with zero attached hydrogens (tertiary/aromatic N) is 1. The minimum Gasteiger partial charge on any atom is -0.465 e. The number of ether oxygens (including phenoxy) is 2. The van der Waals surface area contributed by atoms with Crippen LogP contribution >= 0.6 is 11.3 Å². The lowest BCUT2D eigenvalue weighted by Gasteiger charge is -2.26. The molecule has 0 radical (unpaired) electrons. The number of methoxy groups -OCH3 is 1. The highest BCUT2D eigenvalue weighted by Crippen LogP contribution is 2.28. The smallest absolute Gasteiger partial charge is 0.349 e. The molecule has 1 aromatic carbocycles.